The van der Waals surface area contributed by atoms with E-state index in [2.05, 4.69) is 4.90 Å². The second-order valence-electron chi connectivity index (χ2n) is 12.3. The number of ketones is 2. The molecule has 216 valence electrons. The molecule has 2 unspecified atom stereocenters. The van der Waals surface area contributed by atoms with Gasteiger partial charge in [0.2, 0.25) is 11.6 Å². The van der Waals surface area contributed by atoms with Crippen LogP contribution in [0.15, 0.2) is 22.9 Å². The third kappa shape index (κ3) is 4.85. The molecule has 0 bridgehead atoms. The monoisotopic (exact) mass is 546 g/mol. The highest BCUT2D eigenvalue weighted by Crippen LogP contribution is 2.63. The number of rotatable bonds is 8. The Morgan fingerprint density at radius 2 is 1.85 bits per heavy atom. The van der Waals surface area contributed by atoms with Crippen LogP contribution in [-0.2, 0) is 33.4 Å². The number of cyclic esters (lactones) is 1. The molecule has 0 radical (unpaired) electrons. The minimum atomic E-state index is -1.18. The number of ether oxygens (including phenoxy) is 3. The van der Waals surface area contributed by atoms with Crippen molar-refractivity contribution >= 4 is 23.5 Å². The summed E-state index contributed by atoms with van der Waals surface area (Å²) in [6, 6.07) is 0. The smallest absolute Gasteiger partial charge is 0.336 e. The van der Waals surface area contributed by atoms with Gasteiger partial charge in [0, 0.05) is 50.2 Å². The average Bonchev–Trinajstić information content (AvgIpc) is 3.13. The molecule has 1 saturated heterocycles. The van der Waals surface area contributed by atoms with E-state index in [9.17, 15) is 24.3 Å². The molecule has 1 N–H and O–H groups in total. The maximum atomic E-state index is 14.0. The minimum Gasteiger partial charge on any atom is -0.458 e. The summed E-state index contributed by atoms with van der Waals surface area (Å²) >= 11 is 0. The molecule has 4 aliphatic rings. The second kappa shape index (κ2) is 10.8. The van der Waals surface area contributed by atoms with Crippen LogP contribution in [0.4, 0.5) is 0 Å². The molecule has 0 aromatic rings. The van der Waals surface area contributed by atoms with Crippen LogP contribution in [0.2, 0.25) is 0 Å². The molecule has 0 amide bonds. The summed E-state index contributed by atoms with van der Waals surface area (Å²) in [5.41, 5.74) is -0.961. The number of nitrogens with zero attached hydrogens (tertiary/aromatic N) is 2. The number of hydrogen-bond donors (Lipinski definition) is 1. The van der Waals surface area contributed by atoms with E-state index in [4.69, 9.17) is 14.2 Å². The van der Waals surface area contributed by atoms with Gasteiger partial charge in [-0.2, -0.15) is 0 Å². The fourth-order valence-corrected chi connectivity index (χ4v) is 7.43. The van der Waals surface area contributed by atoms with Gasteiger partial charge in [0.05, 0.1) is 24.2 Å². The van der Waals surface area contributed by atoms with Crippen LogP contribution in [0, 0.1) is 22.7 Å². The van der Waals surface area contributed by atoms with Crippen molar-refractivity contribution < 1.29 is 38.5 Å². The second-order valence-corrected chi connectivity index (χ2v) is 12.3. The van der Waals surface area contributed by atoms with Gasteiger partial charge in [0.1, 0.15) is 12.2 Å². The van der Waals surface area contributed by atoms with Gasteiger partial charge in [0.25, 0.3) is 0 Å². The largest absolute Gasteiger partial charge is 0.458 e. The lowest BCUT2D eigenvalue weighted by Crippen LogP contribution is -2.63. The number of fused-ring (bicyclic) bond motifs is 4. The minimum absolute atomic E-state index is 0.000293. The predicted octanol–water partition coefficient (Wildman–Crippen LogP) is 1.51. The van der Waals surface area contributed by atoms with Crippen molar-refractivity contribution in [2.75, 3.05) is 47.9 Å². The molecule has 0 spiro atoms. The molecule has 10 heteroatoms. The zero-order valence-corrected chi connectivity index (χ0v) is 24.1. The summed E-state index contributed by atoms with van der Waals surface area (Å²) in [6.45, 7) is 6.49. The van der Waals surface area contributed by atoms with E-state index in [1.807, 2.05) is 39.9 Å². The molecule has 7 atom stereocenters. The molecule has 1 heterocycles. The normalized spacial score (nSPS) is 37.0. The Balaban J connectivity index is 1.90. The van der Waals surface area contributed by atoms with Gasteiger partial charge in [-0.05, 0) is 57.8 Å². The van der Waals surface area contributed by atoms with Crippen molar-refractivity contribution in [2.24, 2.45) is 22.7 Å². The van der Waals surface area contributed by atoms with E-state index in [-0.39, 0.29) is 18.1 Å². The van der Waals surface area contributed by atoms with Crippen molar-refractivity contribution in [2.45, 2.75) is 64.8 Å². The first-order valence-electron chi connectivity index (χ1n) is 13.7. The van der Waals surface area contributed by atoms with E-state index in [0.717, 1.165) is 13.0 Å². The first-order chi connectivity index (χ1) is 18.3. The number of carbonyl (C=O) groups excluding carboxylic acids is 4. The molecule has 10 nitrogen and oxygen atoms in total. The summed E-state index contributed by atoms with van der Waals surface area (Å²) in [7, 11) is 7.26. The van der Waals surface area contributed by atoms with Crippen molar-refractivity contribution in [3.05, 3.63) is 22.9 Å². The lowest BCUT2D eigenvalue weighted by Gasteiger charge is -2.56. The summed E-state index contributed by atoms with van der Waals surface area (Å²) in [5, 5.41) is 10.9. The number of aliphatic hydroxyl groups excluding tert-OH is 1. The van der Waals surface area contributed by atoms with Gasteiger partial charge >= 0.3 is 11.9 Å². The first kappa shape index (κ1) is 29.4. The first-order valence-corrected chi connectivity index (χ1v) is 13.7. The Morgan fingerprint density at radius 1 is 1.15 bits per heavy atom. The van der Waals surface area contributed by atoms with Gasteiger partial charge in [-0.3, -0.25) is 14.4 Å². The van der Waals surface area contributed by atoms with Gasteiger partial charge in [-0.25, -0.2) is 4.79 Å². The SMILES string of the molecule is COC[C@H]1OC(=O)C(=CN(C)CCCN(C)C)C2C(=O)C(=O)C3=C([C@H](OC(C)=O)C[C@@]4(C)C3CC[C@@H]4O)[C@]21C. The van der Waals surface area contributed by atoms with Crippen LogP contribution >= 0.6 is 0 Å². The van der Waals surface area contributed by atoms with Crippen LogP contribution in [0.1, 0.15) is 46.5 Å². The third-order valence-corrected chi connectivity index (χ3v) is 9.35. The Kier molecular flexibility index (Phi) is 8.13. The summed E-state index contributed by atoms with van der Waals surface area (Å²) in [6.07, 6.45) is 1.33. The zero-order valence-electron chi connectivity index (χ0n) is 24.1. The quantitative estimate of drug-likeness (QED) is 0.272. The Hall–Kier alpha value is -2.56. The highest BCUT2D eigenvalue weighted by Gasteiger charge is 2.67. The van der Waals surface area contributed by atoms with Crippen LogP contribution in [-0.4, -0.2) is 105 Å². The predicted molar refractivity (Wildman–Crippen MR) is 141 cm³/mol. The number of allylic oxidation sites excluding steroid dienone is 1. The maximum absolute atomic E-state index is 14.0. The Morgan fingerprint density at radius 3 is 2.46 bits per heavy atom. The molecule has 0 aromatic heterocycles. The molecule has 2 fully saturated rings. The number of methoxy groups -OCH3 is 1. The number of esters is 2. The van der Waals surface area contributed by atoms with Crippen molar-refractivity contribution in [1.82, 2.24) is 9.80 Å². The van der Waals surface area contributed by atoms with Crippen molar-refractivity contribution in [1.29, 1.82) is 0 Å². The average molecular weight is 547 g/mol. The fraction of sp³-hybridized carbons (Fsp3) is 0.724. The van der Waals surface area contributed by atoms with Crippen molar-refractivity contribution in [3.63, 3.8) is 0 Å². The Labute approximate surface area is 230 Å². The summed E-state index contributed by atoms with van der Waals surface area (Å²) in [4.78, 5) is 57.6. The lowest BCUT2D eigenvalue weighted by atomic mass is 9.50. The summed E-state index contributed by atoms with van der Waals surface area (Å²) in [5.74, 6) is -4.01. The molecule has 3 aliphatic carbocycles. The van der Waals surface area contributed by atoms with Crippen LogP contribution < -0.4 is 0 Å². The van der Waals surface area contributed by atoms with Crippen LogP contribution in [0.5, 0.6) is 0 Å². The molecular weight excluding hydrogens is 504 g/mol. The van der Waals surface area contributed by atoms with Gasteiger partial charge in [-0.15, -0.1) is 0 Å². The number of Topliss-reactive ketones (excluding diaryl/α,β-unsaturated/α-hetero) is 2. The van der Waals surface area contributed by atoms with E-state index in [1.54, 1.807) is 6.20 Å². The standard InChI is InChI=1S/C29H42N2O8/c1-16(32)38-19-13-28(2)18(9-10-20(28)33)22-24(19)29(3)21(15-37-7)39-27(36)17(23(29)26(35)25(22)34)14-31(6)12-8-11-30(4)5/h14,18-21,23,33H,8-13,15H2,1-7H3/t18?,19-,20+,21-,23?,28+,29+/m1/s1. The van der Waals surface area contributed by atoms with E-state index in [0.29, 0.717) is 37.0 Å². The van der Waals surface area contributed by atoms with Crippen LogP contribution in [0.25, 0.3) is 0 Å². The molecule has 1 saturated carbocycles. The molecule has 4 rings (SSSR count). The fourth-order valence-electron chi connectivity index (χ4n) is 7.43. The van der Waals surface area contributed by atoms with Gasteiger partial charge in [0.15, 0.2) is 0 Å². The van der Waals surface area contributed by atoms with Gasteiger partial charge < -0.3 is 29.1 Å². The lowest BCUT2D eigenvalue weighted by molar-refractivity contribution is -0.175. The van der Waals surface area contributed by atoms with Crippen LogP contribution in [0.3, 0.4) is 0 Å². The molecule has 1 aliphatic heterocycles. The van der Waals surface area contributed by atoms with E-state index < -0.39 is 58.6 Å². The number of carbonyl (C=O) groups is 4. The maximum Gasteiger partial charge on any atom is 0.336 e. The van der Waals surface area contributed by atoms with E-state index >= 15 is 0 Å². The number of hydrogen-bond acceptors (Lipinski definition) is 10. The molecular formula is C29H42N2O8. The number of aliphatic hydroxyl groups is 1. The third-order valence-electron chi connectivity index (χ3n) is 9.35. The Bertz CT molecular complexity index is 1110. The zero-order chi connectivity index (χ0) is 28.9. The van der Waals surface area contributed by atoms with Crippen molar-refractivity contribution in [3.8, 4) is 0 Å². The summed E-state index contributed by atoms with van der Waals surface area (Å²) < 4.78 is 17.2. The highest BCUT2D eigenvalue weighted by atomic mass is 16.6. The molecule has 0 aromatic carbocycles. The topological polar surface area (TPSA) is 123 Å². The van der Waals surface area contributed by atoms with Gasteiger partial charge in [-0.1, -0.05) is 13.8 Å². The molecule has 39 heavy (non-hydrogen) atoms. The van der Waals surface area contributed by atoms with E-state index in [1.165, 1.54) is 14.0 Å². The highest BCUT2D eigenvalue weighted by molar-refractivity contribution is 6.47.